The van der Waals surface area contributed by atoms with E-state index in [-0.39, 0.29) is 9.77 Å². The number of carboxylic acid groups (broad SMARTS) is 1. The van der Waals surface area contributed by atoms with Gasteiger partial charge in [-0.1, -0.05) is 18.2 Å². The van der Waals surface area contributed by atoms with E-state index in [2.05, 4.69) is 0 Å². The Morgan fingerprint density at radius 1 is 1.21 bits per heavy atom. The third kappa shape index (κ3) is 2.67. The zero-order valence-corrected chi connectivity index (χ0v) is 11.3. The second kappa shape index (κ2) is 5.12. The summed E-state index contributed by atoms with van der Waals surface area (Å²) in [4.78, 5) is 10.7. The van der Waals surface area contributed by atoms with Crippen molar-refractivity contribution < 1.29 is 18.3 Å². The number of hydrogen-bond acceptors (Lipinski definition) is 5. The normalized spacial score (nSPS) is 13.1. The lowest BCUT2D eigenvalue weighted by Gasteiger charge is -2.12. The van der Waals surface area contributed by atoms with Gasteiger partial charge < -0.3 is 10.8 Å². The van der Waals surface area contributed by atoms with Gasteiger partial charge in [0.25, 0.3) is 0 Å². The predicted octanol–water partition coefficient (Wildman–Crippen LogP) is 1.88. The molecule has 1 atom stereocenters. The number of nitrogens with two attached hydrogens (primary N) is 1. The molecule has 0 fully saturated rings. The summed E-state index contributed by atoms with van der Waals surface area (Å²) < 4.78 is 24.6. The van der Waals surface area contributed by atoms with E-state index in [0.29, 0.717) is 5.56 Å². The van der Waals surface area contributed by atoms with E-state index in [4.69, 9.17) is 10.8 Å². The second-order valence-corrected chi connectivity index (χ2v) is 7.07. The molecule has 1 unspecified atom stereocenters. The van der Waals surface area contributed by atoms with Crippen molar-refractivity contribution in [3.05, 3.63) is 52.9 Å². The van der Waals surface area contributed by atoms with Crippen LogP contribution in [-0.4, -0.2) is 19.5 Å². The number of rotatable bonds is 4. The number of carboxylic acids is 1. The first-order valence-corrected chi connectivity index (χ1v) is 7.72. The molecule has 7 heteroatoms. The molecule has 0 saturated carbocycles. The Morgan fingerprint density at radius 2 is 1.84 bits per heavy atom. The maximum atomic E-state index is 12.2. The summed E-state index contributed by atoms with van der Waals surface area (Å²) in [6.07, 6.45) is 0. The monoisotopic (exact) mass is 297 g/mol. The lowest BCUT2D eigenvalue weighted by atomic mass is 10.1. The van der Waals surface area contributed by atoms with E-state index in [0.717, 1.165) is 11.3 Å². The molecule has 0 bridgehead atoms. The number of carbonyl (C=O) groups is 1. The first-order valence-electron chi connectivity index (χ1n) is 5.29. The molecule has 0 aliphatic rings. The van der Waals surface area contributed by atoms with Crippen LogP contribution in [-0.2, 0) is 9.84 Å². The lowest BCUT2D eigenvalue weighted by molar-refractivity contribution is 0.0697. The zero-order chi connectivity index (χ0) is 14.0. The molecule has 0 aliphatic carbocycles. The van der Waals surface area contributed by atoms with E-state index in [1.165, 1.54) is 30.3 Å². The number of aromatic carboxylic acids is 1. The minimum atomic E-state index is -3.63. The van der Waals surface area contributed by atoms with Gasteiger partial charge in [-0.25, -0.2) is 13.2 Å². The summed E-state index contributed by atoms with van der Waals surface area (Å²) in [5.74, 6) is -1.07. The smallest absolute Gasteiger partial charge is 0.335 e. The fourth-order valence-corrected chi connectivity index (χ4v) is 4.04. The van der Waals surface area contributed by atoms with Crippen molar-refractivity contribution in [1.82, 2.24) is 0 Å². The predicted molar refractivity (Wildman–Crippen MR) is 71.8 cm³/mol. The Hall–Kier alpha value is -1.70. The van der Waals surface area contributed by atoms with Gasteiger partial charge in [-0.3, -0.25) is 0 Å². The van der Waals surface area contributed by atoms with E-state index in [9.17, 15) is 13.2 Å². The van der Waals surface area contributed by atoms with Crippen LogP contribution < -0.4 is 5.73 Å². The molecule has 5 nitrogen and oxygen atoms in total. The van der Waals surface area contributed by atoms with Crippen LogP contribution in [0.25, 0.3) is 0 Å². The summed E-state index contributed by atoms with van der Waals surface area (Å²) in [5.41, 5.74) is 6.21. The van der Waals surface area contributed by atoms with Crippen molar-refractivity contribution in [2.75, 3.05) is 0 Å². The maximum absolute atomic E-state index is 12.2. The molecule has 0 spiro atoms. The summed E-state index contributed by atoms with van der Waals surface area (Å²) >= 11 is 1.10. The molecule has 0 saturated heterocycles. The van der Waals surface area contributed by atoms with Crippen LogP contribution in [0.5, 0.6) is 0 Å². The Balaban J connectivity index is 2.34. The Kier molecular flexibility index (Phi) is 3.70. The van der Waals surface area contributed by atoms with Gasteiger partial charge in [0.15, 0.2) is 0 Å². The molecular formula is C12H11NO4S2. The first-order chi connectivity index (χ1) is 8.93. The second-order valence-electron chi connectivity index (χ2n) is 3.82. The Morgan fingerprint density at radius 3 is 2.32 bits per heavy atom. The van der Waals surface area contributed by atoms with Crippen LogP contribution in [0.1, 0.15) is 21.3 Å². The standard InChI is InChI=1S/C12H11NO4S2/c13-11(19(16,17)10-2-1-7-18-10)8-3-5-9(6-4-8)12(14)15/h1-7,11H,13H2,(H,14,15). The van der Waals surface area contributed by atoms with Crippen LogP contribution in [0.15, 0.2) is 46.0 Å². The molecule has 0 amide bonds. The highest BCUT2D eigenvalue weighted by Crippen LogP contribution is 2.27. The van der Waals surface area contributed by atoms with Crippen molar-refractivity contribution in [3.63, 3.8) is 0 Å². The lowest BCUT2D eigenvalue weighted by Crippen LogP contribution is -2.21. The number of thiophene rings is 1. The highest BCUT2D eigenvalue weighted by Gasteiger charge is 2.26. The summed E-state index contributed by atoms with van der Waals surface area (Å²) in [5, 5.41) is 9.24. The van der Waals surface area contributed by atoms with Gasteiger partial charge >= 0.3 is 5.97 Å². The van der Waals surface area contributed by atoms with Crippen molar-refractivity contribution in [1.29, 1.82) is 0 Å². The van der Waals surface area contributed by atoms with Gasteiger partial charge in [-0.2, -0.15) is 0 Å². The number of benzene rings is 1. The average Bonchev–Trinajstić information content (AvgIpc) is 2.92. The third-order valence-corrected chi connectivity index (χ3v) is 5.88. The van der Waals surface area contributed by atoms with Gasteiger partial charge in [-0.05, 0) is 29.1 Å². The highest BCUT2D eigenvalue weighted by atomic mass is 32.2. The van der Waals surface area contributed by atoms with Crippen LogP contribution in [0.3, 0.4) is 0 Å². The topological polar surface area (TPSA) is 97.5 Å². The van der Waals surface area contributed by atoms with Crippen LogP contribution in [0.2, 0.25) is 0 Å². The fourth-order valence-electron chi connectivity index (χ4n) is 1.55. The summed E-state index contributed by atoms with van der Waals surface area (Å²) in [6.45, 7) is 0. The van der Waals surface area contributed by atoms with Crippen molar-refractivity contribution >= 4 is 27.1 Å². The SMILES string of the molecule is NC(c1ccc(C(=O)O)cc1)S(=O)(=O)c1cccs1. The summed E-state index contributed by atoms with van der Waals surface area (Å²) in [6, 6.07) is 8.63. The van der Waals surface area contributed by atoms with Crippen LogP contribution in [0.4, 0.5) is 0 Å². The van der Waals surface area contributed by atoms with Crippen molar-refractivity contribution in [2.45, 2.75) is 9.58 Å². The quantitative estimate of drug-likeness (QED) is 0.898. The number of hydrogen-bond donors (Lipinski definition) is 2. The van der Waals surface area contributed by atoms with E-state index in [1.807, 2.05) is 0 Å². The molecule has 1 aromatic heterocycles. The minimum Gasteiger partial charge on any atom is -0.478 e. The van der Waals surface area contributed by atoms with E-state index < -0.39 is 21.2 Å². The van der Waals surface area contributed by atoms with E-state index in [1.54, 1.807) is 11.4 Å². The minimum absolute atomic E-state index is 0.0875. The number of sulfone groups is 1. The molecule has 0 aliphatic heterocycles. The van der Waals surface area contributed by atoms with Gasteiger partial charge in [0.1, 0.15) is 9.58 Å². The van der Waals surface area contributed by atoms with Gasteiger partial charge in [-0.15, -0.1) is 11.3 Å². The van der Waals surface area contributed by atoms with Crippen LogP contribution in [0, 0.1) is 0 Å². The first kappa shape index (κ1) is 13.7. The van der Waals surface area contributed by atoms with Gasteiger partial charge in [0.05, 0.1) is 5.56 Å². The molecular weight excluding hydrogens is 286 g/mol. The third-order valence-electron chi connectivity index (χ3n) is 2.60. The largest absolute Gasteiger partial charge is 0.478 e. The van der Waals surface area contributed by atoms with Gasteiger partial charge in [0, 0.05) is 0 Å². The van der Waals surface area contributed by atoms with Gasteiger partial charge in [0.2, 0.25) is 9.84 Å². The van der Waals surface area contributed by atoms with Crippen molar-refractivity contribution in [2.24, 2.45) is 5.73 Å². The summed E-state index contributed by atoms with van der Waals surface area (Å²) in [7, 11) is -3.63. The molecule has 0 radical (unpaired) electrons. The molecule has 100 valence electrons. The Bertz CT molecular complexity index is 675. The molecule has 2 aromatic rings. The fraction of sp³-hybridized carbons (Fsp3) is 0.0833. The molecule has 19 heavy (non-hydrogen) atoms. The van der Waals surface area contributed by atoms with Crippen molar-refractivity contribution in [3.8, 4) is 0 Å². The maximum Gasteiger partial charge on any atom is 0.335 e. The molecule has 1 aromatic carbocycles. The molecule has 1 heterocycles. The molecule has 3 N–H and O–H groups in total. The van der Waals surface area contributed by atoms with E-state index >= 15 is 0 Å². The molecule has 2 rings (SSSR count). The Labute approximate surface area is 114 Å². The highest BCUT2D eigenvalue weighted by molar-refractivity contribution is 7.93. The van der Waals surface area contributed by atoms with Crippen LogP contribution >= 0.6 is 11.3 Å². The average molecular weight is 297 g/mol. The zero-order valence-electron chi connectivity index (χ0n) is 9.68.